The molecule has 0 radical (unpaired) electrons. The maximum Gasteiger partial charge on any atom is 0.251 e. The van der Waals surface area contributed by atoms with E-state index in [-0.39, 0.29) is 11.7 Å². The van der Waals surface area contributed by atoms with Crippen molar-refractivity contribution in [1.29, 1.82) is 0 Å². The molecule has 0 bridgehead atoms. The summed E-state index contributed by atoms with van der Waals surface area (Å²) in [5.41, 5.74) is 1.20. The topological polar surface area (TPSA) is 69.7 Å². The summed E-state index contributed by atoms with van der Waals surface area (Å²) in [7, 11) is -3.18. The number of nitrogens with zero attached hydrogens (tertiary/aromatic N) is 2. The van der Waals surface area contributed by atoms with E-state index in [2.05, 4.69) is 24.1 Å². The van der Waals surface area contributed by atoms with Crippen LogP contribution >= 0.6 is 0 Å². The Balaban J connectivity index is 1.51. The van der Waals surface area contributed by atoms with Crippen molar-refractivity contribution >= 4 is 21.6 Å². The first-order chi connectivity index (χ1) is 12.3. The Bertz CT molecular complexity index is 723. The minimum Gasteiger partial charge on any atom is -0.351 e. The molecule has 1 aromatic rings. The molecule has 2 aliphatic rings. The van der Waals surface area contributed by atoms with Gasteiger partial charge in [0, 0.05) is 38.3 Å². The first-order valence-corrected chi connectivity index (χ1v) is 11.1. The molecule has 0 aromatic heterocycles. The van der Waals surface area contributed by atoms with Gasteiger partial charge >= 0.3 is 0 Å². The van der Waals surface area contributed by atoms with Gasteiger partial charge in [0.1, 0.15) is 0 Å². The molecule has 3 rings (SSSR count). The van der Waals surface area contributed by atoms with Gasteiger partial charge in [-0.25, -0.2) is 8.42 Å². The number of nitrogens with one attached hydrogen (secondary N) is 1. The van der Waals surface area contributed by atoms with Gasteiger partial charge in [0.15, 0.2) is 0 Å². The van der Waals surface area contributed by atoms with Gasteiger partial charge in [0.05, 0.1) is 11.4 Å². The molecule has 2 fully saturated rings. The van der Waals surface area contributed by atoms with Crippen molar-refractivity contribution in [3.8, 4) is 0 Å². The van der Waals surface area contributed by atoms with E-state index in [1.165, 1.54) is 10.7 Å². The molecule has 0 spiro atoms. The van der Waals surface area contributed by atoms with Gasteiger partial charge in [0.25, 0.3) is 5.91 Å². The molecule has 1 aromatic carbocycles. The smallest absolute Gasteiger partial charge is 0.251 e. The number of piperidine rings is 1. The second-order valence-corrected chi connectivity index (χ2v) is 9.76. The summed E-state index contributed by atoms with van der Waals surface area (Å²) in [6, 6.07) is 6.82. The van der Waals surface area contributed by atoms with Crippen molar-refractivity contribution in [2.24, 2.45) is 11.8 Å². The summed E-state index contributed by atoms with van der Waals surface area (Å²) in [6.45, 7) is 8.76. The number of sulfonamides is 1. The average molecular weight is 380 g/mol. The van der Waals surface area contributed by atoms with Crippen molar-refractivity contribution in [1.82, 2.24) is 10.2 Å². The van der Waals surface area contributed by atoms with E-state index in [0.29, 0.717) is 42.6 Å². The fraction of sp³-hybridized carbons (Fsp3) is 0.632. The third-order valence-corrected chi connectivity index (χ3v) is 7.04. The van der Waals surface area contributed by atoms with Crippen LogP contribution in [-0.2, 0) is 10.0 Å². The third-order valence-electron chi connectivity index (χ3n) is 5.17. The van der Waals surface area contributed by atoms with E-state index < -0.39 is 10.0 Å². The Kier molecular flexibility index (Phi) is 5.87. The zero-order valence-corrected chi connectivity index (χ0v) is 16.5. The lowest BCUT2D eigenvalue weighted by Gasteiger charge is -2.34. The summed E-state index contributed by atoms with van der Waals surface area (Å²) in [6.07, 6.45) is 1.93. The van der Waals surface area contributed by atoms with Crippen molar-refractivity contribution in [3.05, 3.63) is 29.8 Å². The van der Waals surface area contributed by atoms with Crippen LogP contribution < -0.4 is 9.62 Å². The van der Waals surface area contributed by atoms with Crippen LogP contribution in [0.2, 0.25) is 0 Å². The molecule has 2 saturated heterocycles. The second-order valence-electron chi connectivity index (χ2n) is 7.75. The highest BCUT2D eigenvalue weighted by atomic mass is 32.2. The summed E-state index contributed by atoms with van der Waals surface area (Å²) >= 11 is 0. The number of carbonyl (C=O) groups excluding carboxylic acids is 1. The molecule has 6 nitrogen and oxygen atoms in total. The molecule has 0 saturated carbocycles. The predicted molar refractivity (Wildman–Crippen MR) is 104 cm³/mol. The normalized spacial score (nSPS) is 26.0. The van der Waals surface area contributed by atoms with Crippen molar-refractivity contribution in [3.63, 3.8) is 0 Å². The number of carbonyl (C=O) groups is 1. The Morgan fingerprint density at radius 2 is 1.81 bits per heavy atom. The van der Waals surface area contributed by atoms with Crippen LogP contribution in [0.4, 0.5) is 5.69 Å². The van der Waals surface area contributed by atoms with Gasteiger partial charge in [-0.1, -0.05) is 13.8 Å². The minimum atomic E-state index is -3.18. The van der Waals surface area contributed by atoms with Crippen LogP contribution in [0, 0.1) is 11.8 Å². The van der Waals surface area contributed by atoms with Gasteiger partial charge < -0.3 is 10.2 Å². The van der Waals surface area contributed by atoms with Gasteiger partial charge in [-0.05, 0) is 48.9 Å². The zero-order chi connectivity index (χ0) is 18.7. The zero-order valence-electron chi connectivity index (χ0n) is 15.6. The largest absolute Gasteiger partial charge is 0.351 e. The Morgan fingerprint density at radius 3 is 2.38 bits per heavy atom. The van der Waals surface area contributed by atoms with Crippen LogP contribution in [0.1, 0.15) is 37.0 Å². The molecule has 2 heterocycles. The van der Waals surface area contributed by atoms with E-state index in [1.807, 2.05) is 0 Å². The van der Waals surface area contributed by atoms with Crippen LogP contribution in [0.15, 0.2) is 24.3 Å². The summed E-state index contributed by atoms with van der Waals surface area (Å²) in [4.78, 5) is 14.7. The molecule has 26 heavy (non-hydrogen) atoms. The molecule has 0 aliphatic carbocycles. The number of hydrogen-bond acceptors (Lipinski definition) is 4. The fourth-order valence-corrected chi connectivity index (χ4v) is 5.68. The van der Waals surface area contributed by atoms with Crippen molar-refractivity contribution in [2.45, 2.75) is 26.7 Å². The van der Waals surface area contributed by atoms with Gasteiger partial charge in [-0.2, -0.15) is 0 Å². The molecule has 1 N–H and O–H groups in total. The SMILES string of the molecule is CC1CC(C)CN(CCNC(=O)c2ccc(N3CCCS3(=O)=O)cc2)C1. The lowest BCUT2D eigenvalue weighted by Crippen LogP contribution is -2.42. The number of hydrogen-bond donors (Lipinski definition) is 1. The van der Waals surface area contributed by atoms with Crippen molar-refractivity contribution < 1.29 is 13.2 Å². The number of benzene rings is 1. The Morgan fingerprint density at radius 1 is 1.15 bits per heavy atom. The van der Waals surface area contributed by atoms with Crippen LogP contribution in [0.3, 0.4) is 0 Å². The molecule has 2 atom stereocenters. The maximum atomic E-state index is 12.3. The summed E-state index contributed by atoms with van der Waals surface area (Å²) in [5, 5.41) is 2.97. The molecule has 2 unspecified atom stereocenters. The fourth-order valence-electron chi connectivity index (χ4n) is 4.11. The van der Waals surface area contributed by atoms with Gasteiger partial charge in [0.2, 0.25) is 10.0 Å². The van der Waals surface area contributed by atoms with Crippen LogP contribution in [0.5, 0.6) is 0 Å². The number of rotatable bonds is 5. The standard InChI is InChI=1S/C19H29N3O3S/c1-15-12-16(2)14-21(13-15)10-8-20-19(23)17-4-6-18(7-5-17)22-9-3-11-26(22,24)25/h4-7,15-16H,3,8-14H2,1-2H3,(H,20,23). The van der Waals surface area contributed by atoms with Crippen LogP contribution in [-0.4, -0.2) is 57.7 Å². The highest BCUT2D eigenvalue weighted by molar-refractivity contribution is 7.93. The lowest BCUT2D eigenvalue weighted by molar-refractivity contribution is 0.0936. The molecule has 144 valence electrons. The molecular weight excluding hydrogens is 350 g/mol. The highest BCUT2D eigenvalue weighted by Gasteiger charge is 2.28. The monoisotopic (exact) mass is 379 g/mol. The predicted octanol–water partition coefficient (Wildman–Crippen LogP) is 1.93. The van der Waals surface area contributed by atoms with Gasteiger partial charge in [-0.3, -0.25) is 9.10 Å². The second kappa shape index (κ2) is 7.96. The van der Waals surface area contributed by atoms with E-state index in [1.54, 1.807) is 24.3 Å². The molecule has 1 amide bonds. The number of anilines is 1. The minimum absolute atomic E-state index is 0.112. The lowest BCUT2D eigenvalue weighted by atomic mass is 9.92. The highest BCUT2D eigenvalue weighted by Crippen LogP contribution is 2.24. The first-order valence-electron chi connectivity index (χ1n) is 9.46. The maximum absolute atomic E-state index is 12.3. The molecule has 2 aliphatic heterocycles. The van der Waals surface area contributed by atoms with E-state index in [4.69, 9.17) is 0 Å². The first kappa shape index (κ1) is 19.2. The Hall–Kier alpha value is -1.60. The molecule has 7 heteroatoms. The van der Waals surface area contributed by atoms with E-state index >= 15 is 0 Å². The Labute approximate surface area is 156 Å². The quantitative estimate of drug-likeness (QED) is 0.849. The number of likely N-dealkylation sites (tertiary alicyclic amines) is 1. The third kappa shape index (κ3) is 4.57. The van der Waals surface area contributed by atoms with Crippen LogP contribution in [0.25, 0.3) is 0 Å². The molecular formula is C19H29N3O3S. The van der Waals surface area contributed by atoms with Crippen molar-refractivity contribution in [2.75, 3.05) is 42.8 Å². The number of amides is 1. The van der Waals surface area contributed by atoms with E-state index in [9.17, 15) is 13.2 Å². The summed E-state index contributed by atoms with van der Waals surface area (Å²) < 4.78 is 25.3. The summed E-state index contributed by atoms with van der Waals surface area (Å²) in [5.74, 6) is 1.51. The average Bonchev–Trinajstić information content (AvgIpc) is 2.93. The van der Waals surface area contributed by atoms with E-state index in [0.717, 1.165) is 19.6 Å². The van der Waals surface area contributed by atoms with Gasteiger partial charge in [-0.15, -0.1) is 0 Å².